The Morgan fingerprint density at radius 2 is 2.00 bits per heavy atom. The van der Waals surface area contributed by atoms with Crippen molar-refractivity contribution in [3.63, 3.8) is 0 Å². The van der Waals surface area contributed by atoms with Crippen molar-refractivity contribution in [3.8, 4) is 0 Å². The lowest BCUT2D eigenvalue weighted by Crippen LogP contribution is -2.26. The maximum Gasteiger partial charge on any atom is 0.104 e. The second kappa shape index (κ2) is 4.37. The summed E-state index contributed by atoms with van der Waals surface area (Å²) in [7, 11) is 0. The minimum atomic E-state index is -0.0195. The van der Waals surface area contributed by atoms with Gasteiger partial charge in [-0.15, -0.1) is 0 Å². The lowest BCUT2D eigenvalue weighted by Gasteiger charge is -2.23. The highest BCUT2D eigenvalue weighted by molar-refractivity contribution is 7.80. The number of nitrogens with one attached hydrogen (secondary N) is 1. The minimum Gasteiger partial charge on any atom is -0.389 e. The molecule has 3 N–H and O–H groups in total. The van der Waals surface area contributed by atoms with E-state index in [1.165, 1.54) is 0 Å². The van der Waals surface area contributed by atoms with Crippen molar-refractivity contribution < 1.29 is 0 Å². The van der Waals surface area contributed by atoms with E-state index in [-0.39, 0.29) is 5.54 Å². The van der Waals surface area contributed by atoms with Gasteiger partial charge in [0.15, 0.2) is 0 Å². The Kier molecular flexibility index (Phi) is 3.58. The van der Waals surface area contributed by atoms with Crippen LogP contribution in [0.2, 0.25) is 5.02 Å². The number of rotatable bonds is 2. The number of hydrogen-bond acceptors (Lipinski definition) is 2. The molecule has 0 radical (unpaired) electrons. The molecule has 0 atom stereocenters. The molecule has 1 aromatic rings. The van der Waals surface area contributed by atoms with Crippen LogP contribution < -0.4 is 11.1 Å². The van der Waals surface area contributed by atoms with Gasteiger partial charge in [-0.2, -0.15) is 0 Å². The maximum absolute atomic E-state index is 6.10. The fraction of sp³-hybridized carbons (Fsp3) is 0.364. The first kappa shape index (κ1) is 12.3. The molecule has 4 heteroatoms. The van der Waals surface area contributed by atoms with Crippen molar-refractivity contribution >= 4 is 34.5 Å². The highest BCUT2D eigenvalue weighted by atomic mass is 35.5. The summed E-state index contributed by atoms with van der Waals surface area (Å²) >= 11 is 11.0. The Bertz CT molecular complexity index is 383. The number of benzene rings is 1. The smallest absolute Gasteiger partial charge is 0.104 e. The summed E-state index contributed by atoms with van der Waals surface area (Å²) in [6.45, 7) is 6.22. The van der Waals surface area contributed by atoms with E-state index < -0.39 is 0 Å². The quantitative estimate of drug-likeness (QED) is 0.783. The molecule has 0 heterocycles. The van der Waals surface area contributed by atoms with Gasteiger partial charge < -0.3 is 11.1 Å². The lowest BCUT2D eigenvalue weighted by atomic mass is 10.1. The molecular weight excluding hydrogens is 228 g/mol. The molecule has 2 nitrogen and oxygen atoms in total. The number of halogens is 1. The summed E-state index contributed by atoms with van der Waals surface area (Å²) in [5.74, 6) is 0. The van der Waals surface area contributed by atoms with E-state index in [0.29, 0.717) is 10.0 Å². The van der Waals surface area contributed by atoms with E-state index in [9.17, 15) is 0 Å². The van der Waals surface area contributed by atoms with Crippen LogP contribution in [-0.4, -0.2) is 10.5 Å². The van der Waals surface area contributed by atoms with Crippen LogP contribution in [0, 0.1) is 0 Å². The molecule has 0 aliphatic carbocycles. The largest absolute Gasteiger partial charge is 0.389 e. The first-order valence-electron chi connectivity index (χ1n) is 4.67. The third-order valence-corrected chi connectivity index (χ3v) is 2.31. The molecule has 0 bridgehead atoms. The molecular formula is C11H15ClN2S. The molecule has 0 aliphatic rings. The van der Waals surface area contributed by atoms with Gasteiger partial charge in [-0.3, -0.25) is 0 Å². The molecule has 0 spiro atoms. The summed E-state index contributed by atoms with van der Waals surface area (Å²) in [6, 6.07) is 5.53. The molecule has 0 fully saturated rings. The fourth-order valence-corrected chi connectivity index (χ4v) is 1.53. The second-order valence-corrected chi connectivity index (χ2v) is 5.28. The van der Waals surface area contributed by atoms with Gasteiger partial charge in [0.25, 0.3) is 0 Å². The summed E-state index contributed by atoms with van der Waals surface area (Å²) in [4.78, 5) is 0.360. The molecule has 82 valence electrons. The number of anilines is 1. The van der Waals surface area contributed by atoms with Crippen LogP contribution in [0.15, 0.2) is 18.2 Å². The molecule has 0 unspecified atom stereocenters. The molecule has 15 heavy (non-hydrogen) atoms. The average Bonchev–Trinajstić information content (AvgIpc) is 2.05. The maximum atomic E-state index is 6.10. The van der Waals surface area contributed by atoms with Crippen LogP contribution in [-0.2, 0) is 0 Å². The molecule has 0 amide bonds. The van der Waals surface area contributed by atoms with Gasteiger partial charge in [-0.25, -0.2) is 0 Å². The third-order valence-electron chi connectivity index (χ3n) is 1.76. The first-order chi connectivity index (χ1) is 6.79. The van der Waals surface area contributed by atoms with Crippen molar-refractivity contribution in [1.29, 1.82) is 0 Å². The Labute approximate surface area is 101 Å². The van der Waals surface area contributed by atoms with E-state index in [1.54, 1.807) is 6.07 Å². The van der Waals surface area contributed by atoms with E-state index in [4.69, 9.17) is 29.6 Å². The predicted molar refractivity (Wildman–Crippen MR) is 70.7 cm³/mol. The summed E-state index contributed by atoms with van der Waals surface area (Å²) in [6.07, 6.45) is 0. The van der Waals surface area contributed by atoms with E-state index in [1.807, 2.05) is 12.1 Å². The SMILES string of the molecule is CC(C)(C)Nc1ccc(C(N)=S)cc1Cl. The van der Waals surface area contributed by atoms with Gasteiger partial charge in [0.1, 0.15) is 4.99 Å². The van der Waals surface area contributed by atoms with Gasteiger partial charge in [0.05, 0.1) is 10.7 Å². The fourth-order valence-electron chi connectivity index (χ4n) is 1.17. The molecule has 1 rings (SSSR count). The Balaban J connectivity index is 2.99. The van der Waals surface area contributed by atoms with E-state index >= 15 is 0 Å². The third kappa shape index (κ3) is 3.68. The average molecular weight is 243 g/mol. The van der Waals surface area contributed by atoms with Crippen molar-refractivity contribution in [2.45, 2.75) is 26.3 Å². The monoisotopic (exact) mass is 242 g/mol. The Hall–Kier alpha value is -0.800. The second-order valence-electron chi connectivity index (χ2n) is 4.43. The number of hydrogen-bond donors (Lipinski definition) is 2. The molecule has 0 aliphatic heterocycles. The van der Waals surface area contributed by atoms with Crippen molar-refractivity contribution in [3.05, 3.63) is 28.8 Å². The lowest BCUT2D eigenvalue weighted by molar-refractivity contribution is 0.634. The minimum absolute atomic E-state index is 0.0195. The van der Waals surface area contributed by atoms with Crippen LogP contribution in [0.4, 0.5) is 5.69 Å². The van der Waals surface area contributed by atoms with Gasteiger partial charge in [-0.1, -0.05) is 23.8 Å². The zero-order valence-electron chi connectivity index (χ0n) is 9.10. The van der Waals surface area contributed by atoms with E-state index in [2.05, 4.69) is 26.1 Å². The zero-order valence-corrected chi connectivity index (χ0v) is 10.7. The van der Waals surface area contributed by atoms with Crippen LogP contribution in [0.1, 0.15) is 26.3 Å². The molecule has 0 saturated carbocycles. The van der Waals surface area contributed by atoms with Crippen molar-refractivity contribution in [2.75, 3.05) is 5.32 Å². The molecule has 0 saturated heterocycles. The summed E-state index contributed by atoms with van der Waals surface area (Å²) in [5, 5.41) is 3.93. The normalized spacial score (nSPS) is 11.2. The van der Waals surface area contributed by atoms with Gasteiger partial charge in [0, 0.05) is 11.1 Å². The van der Waals surface area contributed by atoms with Crippen LogP contribution in [0.3, 0.4) is 0 Å². The topological polar surface area (TPSA) is 38.0 Å². The standard InChI is InChI=1S/C11H15ClN2S/c1-11(2,3)14-9-5-4-7(10(13)15)6-8(9)12/h4-6,14H,1-3H3,(H2,13,15). The van der Waals surface area contributed by atoms with Crippen molar-refractivity contribution in [2.24, 2.45) is 5.73 Å². The van der Waals surface area contributed by atoms with Crippen LogP contribution >= 0.6 is 23.8 Å². The van der Waals surface area contributed by atoms with Crippen LogP contribution in [0.25, 0.3) is 0 Å². The van der Waals surface area contributed by atoms with E-state index in [0.717, 1.165) is 11.3 Å². The van der Waals surface area contributed by atoms with Gasteiger partial charge >= 0.3 is 0 Å². The Morgan fingerprint density at radius 1 is 1.40 bits per heavy atom. The highest BCUT2D eigenvalue weighted by Gasteiger charge is 2.12. The van der Waals surface area contributed by atoms with Crippen LogP contribution in [0.5, 0.6) is 0 Å². The van der Waals surface area contributed by atoms with Crippen molar-refractivity contribution in [1.82, 2.24) is 0 Å². The van der Waals surface area contributed by atoms with Gasteiger partial charge in [0.2, 0.25) is 0 Å². The Morgan fingerprint density at radius 3 is 2.40 bits per heavy atom. The first-order valence-corrected chi connectivity index (χ1v) is 5.46. The summed E-state index contributed by atoms with van der Waals surface area (Å²) < 4.78 is 0. The van der Waals surface area contributed by atoms with Gasteiger partial charge in [-0.05, 0) is 39.0 Å². The molecule has 1 aromatic carbocycles. The predicted octanol–water partition coefficient (Wildman–Crippen LogP) is 3.18. The highest BCUT2D eigenvalue weighted by Crippen LogP contribution is 2.25. The number of thiocarbonyl (C=S) groups is 1. The molecule has 0 aromatic heterocycles. The number of nitrogens with two attached hydrogens (primary N) is 1. The zero-order chi connectivity index (χ0) is 11.6. The summed E-state index contributed by atoms with van der Waals surface area (Å²) in [5.41, 5.74) is 7.17.